The highest BCUT2D eigenvalue weighted by Crippen LogP contribution is 2.36. The maximum absolute atomic E-state index is 12.3. The number of rotatable bonds is 1. The van der Waals surface area contributed by atoms with Crippen molar-refractivity contribution in [3.05, 3.63) is 52.3 Å². The van der Waals surface area contributed by atoms with Crippen LogP contribution in [-0.2, 0) is 10.0 Å². The van der Waals surface area contributed by atoms with Crippen LogP contribution in [0, 0.1) is 11.8 Å². The van der Waals surface area contributed by atoms with Crippen molar-refractivity contribution in [3.8, 4) is 0 Å². The van der Waals surface area contributed by atoms with Crippen LogP contribution in [-0.4, -0.2) is 55.5 Å². The molecule has 2 aromatic rings. The van der Waals surface area contributed by atoms with Crippen LogP contribution in [0.4, 0.5) is 5.82 Å². The number of nitrogens with zero attached hydrogens (tertiary/aromatic N) is 4. The van der Waals surface area contributed by atoms with Gasteiger partial charge in [-0.25, -0.2) is 5.10 Å². The van der Waals surface area contributed by atoms with Gasteiger partial charge in [0.15, 0.2) is 5.84 Å². The van der Waals surface area contributed by atoms with Crippen molar-refractivity contribution in [1.82, 2.24) is 15.1 Å². The third-order valence-electron chi connectivity index (χ3n) is 5.39. The van der Waals surface area contributed by atoms with E-state index in [0.29, 0.717) is 28.1 Å². The van der Waals surface area contributed by atoms with E-state index in [0.717, 1.165) is 32.0 Å². The molecule has 0 bridgehead atoms. The summed E-state index contributed by atoms with van der Waals surface area (Å²) in [5.41, 5.74) is 0.491. The topological polar surface area (TPSA) is 98.7 Å². The molecule has 0 amide bonds. The lowest BCUT2D eigenvalue weighted by Crippen LogP contribution is -2.33. The maximum atomic E-state index is 12.3. The number of amidine groups is 1. The van der Waals surface area contributed by atoms with Gasteiger partial charge in [0.1, 0.15) is 10.7 Å². The predicted octanol–water partition coefficient (Wildman–Crippen LogP) is 0.287. The molecule has 0 spiro atoms. The molecule has 1 N–H and O–H groups in total. The fourth-order valence-electron chi connectivity index (χ4n) is 4.18. The molecule has 4 heterocycles. The van der Waals surface area contributed by atoms with Gasteiger partial charge in [0.05, 0.1) is 0 Å². The Morgan fingerprint density at radius 1 is 0.962 bits per heavy atom. The van der Waals surface area contributed by atoms with Gasteiger partial charge in [-0.15, -0.1) is 4.40 Å². The van der Waals surface area contributed by atoms with Gasteiger partial charge in [-0.3, -0.25) is 4.79 Å². The molecule has 134 valence electrons. The molecule has 5 rings (SSSR count). The van der Waals surface area contributed by atoms with Gasteiger partial charge in [0.2, 0.25) is 0 Å². The zero-order chi connectivity index (χ0) is 17.9. The third-order valence-corrected chi connectivity index (χ3v) is 6.71. The molecule has 1 aromatic carbocycles. The number of aromatic nitrogens is 2. The lowest BCUT2D eigenvalue weighted by Gasteiger charge is -2.23. The second-order valence-electron chi connectivity index (χ2n) is 7.00. The van der Waals surface area contributed by atoms with E-state index in [1.165, 1.54) is 6.07 Å². The molecule has 9 heteroatoms. The normalized spacial score (nSPS) is 25.9. The highest BCUT2D eigenvalue weighted by atomic mass is 32.2. The van der Waals surface area contributed by atoms with E-state index in [2.05, 4.69) is 24.4 Å². The number of benzene rings is 1. The summed E-state index contributed by atoms with van der Waals surface area (Å²) in [6.07, 6.45) is 0. The van der Waals surface area contributed by atoms with Crippen LogP contribution in [0.25, 0.3) is 0 Å². The summed E-state index contributed by atoms with van der Waals surface area (Å²) in [6, 6.07) is 10.2. The molecule has 2 atom stereocenters. The smallest absolute Gasteiger partial charge is 0.285 e. The molecule has 2 unspecified atom stereocenters. The number of anilines is 1. The minimum absolute atomic E-state index is 0.210. The van der Waals surface area contributed by atoms with E-state index in [-0.39, 0.29) is 5.56 Å². The van der Waals surface area contributed by atoms with Gasteiger partial charge in [-0.05, 0) is 18.2 Å². The third kappa shape index (κ3) is 2.34. The number of H-pyrrole nitrogens is 1. The van der Waals surface area contributed by atoms with Gasteiger partial charge < -0.3 is 9.80 Å². The van der Waals surface area contributed by atoms with Crippen LogP contribution in [0.3, 0.4) is 0 Å². The van der Waals surface area contributed by atoms with E-state index in [1.807, 2.05) is 12.1 Å². The van der Waals surface area contributed by atoms with Crippen molar-refractivity contribution in [2.75, 3.05) is 31.1 Å². The first-order valence-corrected chi connectivity index (χ1v) is 9.95. The molecule has 3 aliphatic rings. The Bertz CT molecular complexity index is 1040. The summed E-state index contributed by atoms with van der Waals surface area (Å²) < 4.78 is 28.6. The van der Waals surface area contributed by atoms with E-state index < -0.39 is 10.0 Å². The largest absolute Gasteiger partial charge is 0.355 e. The van der Waals surface area contributed by atoms with Crippen molar-refractivity contribution in [2.24, 2.45) is 16.2 Å². The predicted molar refractivity (Wildman–Crippen MR) is 95.8 cm³/mol. The molecule has 0 radical (unpaired) electrons. The average molecular weight is 371 g/mol. The minimum atomic E-state index is -3.58. The highest BCUT2D eigenvalue weighted by molar-refractivity contribution is 7.90. The van der Waals surface area contributed by atoms with Gasteiger partial charge in [-0.1, -0.05) is 12.1 Å². The Hall–Kier alpha value is -2.68. The van der Waals surface area contributed by atoms with Crippen LogP contribution >= 0.6 is 0 Å². The number of fused-ring (bicyclic) bond motifs is 2. The van der Waals surface area contributed by atoms with Crippen molar-refractivity contribution in [3.63, 3.8) is 0 Å². The molecular formula is C17H17N5O3S. The molecular weight excluding hydrogens is 354 g/mol. The van der Waals surface area contributed by atoms with Crippen molar-refractivity contribution >= 4 is 21.7 Å². The van der Waals surface area contributed by atoms with Crippen LogP contribution in [0.15, 0.2) is 50.5 Å². The Morgan fingerprint density at radius 2 is 1.65 bits per heavy atom. The summed E-state index contributed by atoms with van der Waals surface area (Å²) in [7, 11) is -3.58. The second-order valence-corrected chi connectivity index (χ2v) is 8.57. The summed E-state index contributed by atoms with van der Waals surface area (Å²) in [4.78, 5) is 15.7. The highest BCUT2D eigenvalue weighted by Gasteiger charge is 2.43. The molecule has 26 heavy (non-hydrogen) atoms. The number of aromatic amines is 1. The monoisotopic (exact) mass is 371 g/mol. The van der Waals surface area contributed by atoms with Crippen LogP contribution in [0.5, 0.6) is 0 Å². The first kappa shape index (κ1) is 15.6. The van der Waals surface area contributed by atoms with Crippen molar-refractivity contribution < 1.29 is 8.42 Å². The van der Waals surface area contributed by atoms with E-state index in [4.69, 9.17) is 0 Å². The van der Waals surface area contributed by atoms with E-state index in [1.54, 1.807) is 18.2 Å². The number of nitrogens with one attached hydrogen (secondary N) is 1. The van der Waals surface area contributed by atoms with Crippen LogP contribution in [0.1, 0.15) is 5.56 Å². The number of likely N-dealkylation sites (tertiary alicyclic amines) is 1. The molecule has 3 aliphatic heterocycles. The molecule has 0 aliphatic carbocycles. The van der Waals surface area contributed by atoms with E-state index in [9.17, 15) is 13.2 Å². The first-order valence-electron chi connectivity index (χ1n) is 8.51. The maximum Gasteiger partial charge on any atom is 0.285 e. The lowest BCUT2D eigenvalue weighted by molar-refractivity contribution is 0.478. The number of hydrogen-bond acceptors (Lipinski definition) is 6. The van der Waals surface area contributed by atoms with Crippen LogP contribution < -0.4 is 10.5 Å². The Balaban J connectivity index is 1.36. The summed E-state index contributed by atoms with van der Waals surface area (Å²) in [5, 5.41) is 6.58. The zero-order valence-corrected chi connectivity index (χ0v) is 14.7. The lowest BCUT2D eigenvalue weighted by atomic mass is 10.0. The van der Waals surface area contributed by atoms with Gasteiger partial charge >= 0.3 is 0 Å². The molecule has 1 aromatic heterocycles. The van der Waals surface area contributed by atoms with Gasteiger partial charge in [0.25, 0.3) is 15.6 Å². The molecule has 2 fully saturated rings. The molecule has 0 saturated carbocycles. The molecule has 8 nitrogen and oxygen atoms in total. The van der Waals surface area contributed by atoms with Crippen molar-refractivity contribution in [1.29, 1.82) is 0 Å². The van der Waals surface area contributed by atoms with Gasteiger partial charge in [0, 0.05) is 49.6 Å². The Labute approximate surface area is 150 Å². The Morgan fingerprint density at radius 3 is 2.35 bits per heavy atom. The van der Waals surface area contributed by atoms with E-state index >= 15 is 0 Å². The summed E-state index contributed by atoms with van der Waals surface area (Å²) >= 11 is 0. The van der Waals surface area contributed by atoms with Gasteiger partial charge in [-0.2, -0.15) is 13.5 Å². The standard InChI is InChI=1S/C17H17N5O3S/c23-16-6-5-15(18-19-16)21-7-11-9-22(10-12(11)8-21)17-13-3-1-2-4-14(13)26(24,25)20-17/h1-6,11-12H,7-10H2,(H,19,23). The zero-order valence-electron chi connectivity index (χ0n) is 13.9. The minimum Gasteiger partial charge on any atom is -0.355 e. The second kappa shape index (κ2) is 5.41. The summed E-state index contributed by atoms with van der Waals surface area (Å²) in [6.45, 7) is 3.21. The fourth-order valence-corrected chi connectivity index (χ4v) is 5.41. The number of hydrogen-bond donors (Lipinski definition) is 1. The molecule has 2 saturated heterocycles. The number of sulfonamides is 1. The fraction of sp³-hybridized carbons (Fsp3) is 0.353. The summed E-state index contributed by atoms with van der Waals surface area (Å²) in [5.74, 6) is 2.18. The quantitative estimate of drug-likeness (QED) is 0.773. The SMILES string of the molecule is O=c1ccc(N2CC3CN(C4=NS(=O)(=O)c5ccccc54)CC3C2)n[nH]1. The average Bonchev–Trinajstić information content (AvgIpc) is 3.26. The van der Waals surface area contributed by atoms with Crippen molar-refractivity contribution in [2.45, 2.75) is 4.90 Å². The van der Waals surface area contributed by atoms with Crippen LogP contribution in [0.2, 0.25) is 0 Å². The Kier molecular flexibility index (Phi) is 3.24. The first-order chi connectivity index (χ1) is 12.5.